The highest BCUT2D eigenvalue weighted by atomic mass is 35.5. The molecule has 23 heavy (non-hydrogen) atoms. The van der Waals surface area contributed by atoms with Gasteiger partial charge in [0.05, 0.1) is 0 Å². The largest absolute Gasteiger partial charge is 0.503 e. The zero-order chi connectivity index (χ0) is 18.1. The molecular formula is C17H40ClNO3Si. The summed E-state index contributed by atoms with van der Waals surface area (Å²) in [5.41, 5.74) is 0.336. The van der Waals surface area contributed by atoms with Gasteiger partial charge in [0.25, 0.3) is 0 Å². The molecule has 0 aromatic rings. The second-order valence-corrected chi connectivity index (χ2v) is 9.37. The zero-order valence-electron chi connectivity index (χ0n) is 16.4. The first kappa shape index (κ1) is 25.6. The van der Waals surface area contributed by atoms with Gasteiger partial charge < -0.3 is 18.6 Å². The smallest absolute Gasteiger partial charge is 0.377 e. The van der Waals surface area contributed by atoms with Crippen molar-refractivity contribution in [3.63, 3.8) is 0 Å². The fourth-order valence-electron chi connectivity index (χ4n) is 3.10. The molecule has 0 amide bonds. The molecule has 0 aliphatic rings. The summed E-state index contributed by atoms with van der Waals surface area (Å²) < 4.78 is 17.1. The summed E-state index contributed by atoms with van der Waals surface area (Å²) in [6.07, 6.45) is 8.35. The number of alkyl halides is 1. The Hall–Kier alpha value is 0.347. The fourth-order valence-corrected chi connectivity index (χ4v) is 6.20. The lowest BCUT2D eigenvalue weighted by Crippen LogP contribution is -2.50. The molecule has 2 atom stereocenters. The van der Waals surface area contributed by atoms with E-state index in [1.165, 1.54) is 32.1 Å². The van der Waals surface area contributed by atoms with E-state index in [4.69, 9.17) is 24.9 Å². The number of halogens is 1. The van der Waals surface area contributed by atoms with Crippen LogP contribution in [0, 0.1) is 5.92 Å². The van der Waals surface area contributed by atoms with Crippen molar-refractivity contribution in [3.05, 3.63) is 0 Å². The molecule has 142 valence electrons. The molecule has 0 bridgehead atoms. The normalized spacial score (nSPS) is 14.1. The highest BCUT2D eigenvalue weighted by Crippen LogP contribution is 2.39. The number of rotatable bonds is 13. The molecule has 0 aromatic heterocycles. The maximum Gasteiger partial charge on any atom is 0.503 e. The number of nitrogens with one attached hydrogen (secondary N) is 1. The van der Waals surface area contributed by atoms with E-state index < -0.39 is 8.80 Å². The predicted molar refractivity (Wildman–Crippen MR) is 103 cm³/mol. The monoisotopic (exact) mass is 369 g/mol. The van der Waals surface area contributed by atoms with Crippen LogP contribution in [0.15, 0.2) is 0 Å². The van der Waals surface area contributed by atoms with E-state index in [1.807, 2.05) is 14.1 Å². The van der Waals surface area contributed by atoms with Crippen molar-refractivity contribution >= 4 is 20.4 Å². The second-order valence-electron chi connectivity index (χ2n) is 5.82. The Balaban J connectivity index is 0. The molecule has 0 saturated carbocycles. The van der Waals surface area contributed by atoms with E-state index >= 15 is 0 Å². The van der Waals surface area contributed by atoms with Gasteiger partial charge in [-0.05, 0) is 32.9 Å². The predicted octanol–water partition coefficient (Wildman–Crippen LogP) is 4.70. The van der Waals surface area contributed by atoms with Crippen molar-refractivity contribution in [2.75, 3.05) is 41.3 Å². The van der Waals surface area contributed by atoms with Crippen molar-refractivity contribution in [2.45, 2.75) is 64.3 Å². The first-order valence-corrected chi connectivity index (χ1v) is 11.2. The topological polar surface area (TPSA) is 39.7 Å². The van der Waals surface area contributed by atoms with Crippen LogP contribution in [0.5, 0.6) is 0 Å². The van der Waals surface area contributed by atoms with Crippen molar-refractivity contribution in [1.29, 1.82) is 0 Å². The lowest BCUT2D eigenvalue weighted by molar-refractivity contribution is 0.0980. The SMILES string of the molecule is CCCCCCC(CCCl)C(CC)[Si](OC)(OC)OC.CNC. The fraction of sp³-hybridized carbons (Fsp3) is 1.00. The Morgan fingerprint density at radius 3 is 1.78 bits per heavy atom. The van der Waals surface area contributed by atoms with Gasteiger partial charge in [0.15, 0.2) is 0 Å². The van der Waals surface area contributed by atoms with Gasteiger partial charge in [-0.3, -0.25) is 0 Å². The third-order valence-corrected chi connectivity index (χ3v) is 7.94. The maximum absolute atomic E-state index is 6.01. The minimum absolute atomic E-state index is 0.336. The van der Waals surface area contributed by atoms with Crippen LogP contribution in [0.3, 0.4) is 0 Å². The third kappa shape index (κ3) is 10.0. The Bertz CT molecular complexity index is 236. The molecule has 0 aliphatic heterocycles. The summed E-state index contributed by atoms with van der Waals surface area (Å²) in [5, 5.41) is 2.75. The van der Waals surface area contributed by atoms with Gasteiger partial charge in [0, 0.05) is 32.8 Å². The quantitative estimate of drug-likeness (QED) is 0.290. The Labute approximate surface area is 151 Å². The summed E-state index contributed by atoms with van der Waals surface area (Å²) in [6, 6.07) is 0. The highest BCUT2D eigenvalue weighted by Gasteiger charge is 2.49. The molecule has 0 spiro atoms. The van der Waals surface area contributed by atoms with Gasteiger partial charge in [-0.2, -0.15) is 0 Å². The molecule has 0 radical (unpaired) electrons. The summed E-state index contributed by atoms with van der Waals surface area (Å²) in [7, 11) is 6.29. The molecule has 0 aliphatic carbocycles. The zero-order valence-corrected chi connectivity index (χ0v) is 18.2. The second kappa shape index (κ2) is 17.2. The third-order valence-electron chi connectivity index (χ3n) is 4.22. The van der Waals surface area contributed by atoms with Gasteiger partial charge in [0.2, 0.25) is 0 Å². The maximum atomic E-state index is 6.01. The van der Waals surface area contributed by atoms with Gasteiger partial charge >= 0.3 is 8.80 Å². The van der Waals surface area contributed by atoms with E-state index in [9.17, 15) is 0 Å². The van der Waals surface area contributed by atoms with Gasteiger partial charge in [-0.25, -0.2) is 0 Å². The van der Waals surface area contributed by atoms with Gasteiger partial charge in [0.1, 0.15) is 0 Å². The lowest BCUT2D eigenvalue weighted by Gasteiger charge is -2.37. The molecule has 4 nitrogen and oxygen atoms in total. The molecule has 0 aromatic carbocycles. The van der Waals surface area contributed by atoms with Crippen molar-refractivity contribution in [1.82, 2.24) is 5.32 Å². The standard InChI is InChI=1S/C15H33ClO3Si.C2H7N/c1-6-8-9-10-11-14(12-13-16)15(7-2)20(17-3,18-4)19-5;1-3-2/h14-15H,6-13H2,1-5H3;3H,1-2H3. The molecule has 0 fully saturated rings. The lowest BCUT2D eigenvalue weighted by atomic mass is 9.93. The molecule has 0 saturated heterocycles. The molecular weight excluding hydrogens is 330 g/mol. The van der Waals surface area contributed by atoms with E-state index in [1.54, 1.807) is 21.3 Å². The van der Waals surface area contributed by atoms with Crippen molar-refractivity contribution in [3.8, 4) is 0 Å². The average Bonchev–Trinajstić information content (AvgIpc) is 2.57. The summed E-state index contributed by atoms with van der Waals surface area (Å²) >= 11 is 6.01. The van der Waals surface area contributed by atoms with E-state index in [2.05, 4.69) is 19.2 Å². The van der Waals surface area contributed by atoms with Crippen LogP contribution in [0.4, 0.5) is 0 Å². The molecule has 0 rings (SSSR count). The molecule has 1 N–H and O–H groups in total. The van der Waals surface area contributed by atoms with Crippen molar-refractivity contribution in [2.24, 2.45) is 5.92 Å². The van der Waals surface area contributed by atoms with Crippen LogP contribution in [-0.2, 0) is 13.3 Å². The average molecular weight is 370 g/mol. The first-order chi connectivity index (χ1) is 11.1. The summed E-state index contributed by atoms with van der Waals surface area (Å²) in [4.78, 5) is 0. The van der Waals surface area contributed by atoms with Crippen LogP contribution < -0.4 is 5.32 Å². The van der Waals surface area contributed by atoms with E-state index in [0.29, 0.717) is 17.3 Å². The summed E-state index contributed by atoms with van der Waals surface area (Å²) in [5.74, 6) is 1.22. The molecule has 0 heterocycles. The van der Waals surface area contributed by atoms with Gasteiger partial charge in [-0.15, -0.1) is 11.6 Å². The number of hydrogen-bond donors (Lipinski definition) is 1. The van der Waals surface area contributed by atoms with Crippen LogP contribution in [0.1, 0.15) is 58.8 Å². The van der Waals surface area contributed by atoms with Crippen LogP contribution >= 0.6 is 11.6 Å². The van der Waals surface area contributed by atoms with Gasteiger partial charge in [-0.1, -0.05) is 46.0 Å². The van der Waals surface area contributed by atoms with E-state index in [0.717, 1.165) is 12.8 Å². The summed E-state index contributed by atoms with van der Waals surface area (Å²) in [6.45, 7) is 4.43. The number of unbranched alkanes of at least 4 members (excludes halogenated alkanes) is 3. The first-order valence-electron chi connectivity index (χ1n) is 8.87. The Morgan fingerprint density at radius 2 is 1.43 bits per heavy atom. The van der Waals surface area contributed by atoms with E-state index in [-0.39, 0.29) is 0 Å². The highest BCUT2D eigenvalue weighted by molar-refractivity contribution is 6.62. The molecule has 6 heteroatoms. The Morgan fingerprint density at radius 1 is 0.913 bits per heavy atom. The van der Waals surface area contributed by atoms with Crippen molar-refractivity contribution < 1.29 is 13.3 Å². The minimum Gasteiger partial charge on any atom is -0.377 e. The van der Waals surface area contributed by atoms with Crippen LogP contribution in [-0.4, -0.2) is 50.1 Å². The Kier molecular flexibility index (Phi) is 19.1. The van der Waals surface area contributed by atoms with Crippen LogP contribution in [0.25, 0.3) is 0 Å². The van der Waals surface area contributed by atoms with Crippen LogP contribution in [0.2, 0.25) is 5.54 Å². The minimum atomic E-state index is -2.57. The number of hydrogen-bond acceptors (Lipinski definition) is 4. The molecule has 2 unspecified atom stereocenters.